The highest BCUT2D eigenvalue weighted by Gasteiger charge is 2.16. The van der Waals surface area contributed by atoms with Crippen molar-refractivity contribution < 1.29 is 18.3 Å². The fourth-order valence-corrected chi connectivity index (χ4v) is 3.08. The summed E-state index contributed by atoms with van der Waals surface area (Å²) in [6.07, 6.45) is 0.00403. The van der Waals surface area contributed by atoms with Gasteiger partial charge < -0.3 is 10.4 Å². The number of carboxylic acids is 1. The van der Waals surface area contributed by atoms with E-state index in [0.29, 0.717) is 12.2 Å². The predicted octanol–water partition coefficient (Wildman–Crippen LogP) is 2.41. The Morgan fingerprint density at radius 3 is 2.10 bits per heavy atom. The van der Waals surface area contributed by atoms with Gasteiger partial charge in [-0.1, -0.05) is 18.2 Å². The third-order valence-electron chi connectivity index (χ3n) is 2.89. The van der Waals surface area contributed by atoms with E-state index in [9.17, 15) is 13.2 Å². The summed E-state index contributed by atoms with van der Waals surface area (Å²) in [5.41, 5.74) is 0.684. The topological polar surface area (TPSA) is 83.5 Å². The Labute approximate surface area is 123 Å². The summed E-state index contributed by atoms with van der Waals surface area (Å²) in [6, 6.07) is 14.5. The van der Waals surface area contributed by atoms with Crippen molar-refractivity contribution in [3.63, 3.8) is 0 Å². The second-order valence-electron chi connectivity index (χ2n) is 4.41. The average molecular weight is 305 g/mol. The van der Waals surface area contributed by atoms with Crippen LogP contribution < -0.4 is 5.32 Å². The van der Waals surface area contributed by atoms with Gasteiger partial charge in [-0.25, -0.2) is 8.42 Å². The van der Waals surface area contributed by atoms with Crippen molar-refractivity contribution in [1.29, 1.82) is 0 Å². The Kier molecular flexibility index (Phi) is 4.59. The van der Waals surface area contributed by atoms with Crippen LogP contribution >= 0.6 is 0 Å². The molecule has 0 atom stereocenters. The van der Waals surface area contributed by atoms with E-state index in [1.165, 1.54) is 12.1 Å². The molecule has 110 valence electrons. The van der Waals surface area contributed by atoms with E-state index in [-0.39, 0.29) is 16.2 Å². The number of anilines is 1. The summed E-state index contributed by atoms with van der Waals surface area (Å²) >= 11 is 0. The van der Waals surface area contributed by atoms with Gasteiger partial charge in [0, 0.05) is 12.2 Å². The van der Waals surface area contributed by atoms with E-state index < -0.39 is 15.8 Å². The van der Waals surface area contributed by atoms with Gasteiger partial charge in [0.15, 0.2) is 0 Å². The van der Waals surface area contributed by atoms with Crippen molar-refractivity contribution in [2.75, 3.05) is 11.9 Å². The number of carboxylic acid groups (broad SMARTS) is 1. The highest BCUT2D eigenvalue weighted by atomic mass is 32.2. The van der Waals surface area contributed by atoms with Gasteiger partial charge in [0.1, 0.15) is 0 Å². The molecule has 0 radical (unpaired) electrons. The summed E-state index contributed by atoms with van der Waals surface area (Å²) in [5.74, 6) is -0.884. The van der Waals surface area contributed by atoms with Crippen LogP contribution in [0.5, 0.6) is 0 Å². The van der Waals surface area contributed by atoms with E-state index in [1.54, 1.807) is 42.5 Å². The van der Waals surface area contributed by atoms with Gasteiger partial charge in [0.25, 0.3) is 0 Å². The molecule has 21 heavy (non-hydrogen) atoms. The molecular weight excluding hydrogens is 290 g/mol. The van der Waals surface area contributed by atoms with Crippen molar-refractivity contribution in [3.05, 3.63) is 54.6 Å². The minimum atomic E-state index is -3.51. The highest BCUT2D eigenvalue weighted by molar-refractivity contribution is 7.91. The fourth-order valence-electron chi connectivity index (χ4n) is 1.80. The zero-order chi connectivity index (χ0) is 15.3. The molecule has 0 spiro atoms. The van der Waals surface area contributed by atoms with Crippen molar-refractivity contribution in [3.8, 4) is 0 Å². The van der Waals surface area contributed by atoms with Gasteiger partial charge >= 0.3 is 5.97 Å². The minimum absolute atomic E-state index is 0.00403. The Morgan fingerprint density at radius 2 is 1.52 bits per heavy atom. The minimum Gasteiger partial charge on any atom is -0.481 e. The highest BCUT2D eigenvalue weighted by Crippen LogP contribution is 2.21. The molecule has 0 aliphatic carbocycles. The third-order valence-corrected chi connectivity index (χ3v) is 4.67. The van der Waals surface area contributed by atoms with E-state index in [1.807, 2.05) is 0 Å². The lowest BCUT2D eigenvalue weighted by Gasteiger charge is -2.07. The SMILES string of the molecule is O=C(O)CCNc1ccc(S(=O)(=O)c2ccccc2)cc1. The Morgan fingerprint density at radius 1 is 0.952 bits per heavy atom. The van der Waals surface area contributed by atoms with E-state index in [2.05, 4.69) is 5.32 Å². The number of hydrogen-bond donors (Lipinski definition) is 2. The molecule has 0 aliphatic rings. The summed E-state index contributed by atoms with van der Waals surface area (Å²) in [7, 11) is -3.51. The maximum absolute atomic E-state index is 12.4. The molecule has 0 saturated carbocycles. The molecule has 2 aromatic rings. The second-order valence-corrected chi connectivity index (χ2v) is 6.36. The van der Waals surface area contributed by atoms with Crippen molar-refractivity contribution >= 4 is 21.5 Å². The van der Waals surface area contributed by atoms with Crippen LogP contribution in [0.1, 0.15) is 6.42 Å². The second kappa shape index (κ2) is 6.41. The number of sulfone groups is 1. The van der Waals surface area contributed by atoms with Gasteiger partial charge in [0.05, 0.1) is 16.2 Å². The van der Waals surface area contributed by atoms with Crippen molar-refractivity contribution in [2.24, 2.45) is 0 Å². The van der Waals surface area contributed by atoms with Crippen LogP contribution in [0.4, 0.5) is 5.69 Å². The van der Waals surface area contributed by atoms with E-state index in [4.69, 9.17) is 5.11 Å². The van der Waals surface area contributed by atoms with Crippen LogP contribution in [0.2, 0.25) is 0 Å². The lowest BCUT2D eigenvalue weighted by molar-refractivity contribution is -0.136. The van der Waals surface area contributed by atoms with Gasteiger partial charge in [-0.3, -0.25) is 4.79 Å². The first-order chi connectivity index (χ1) is 10.00. The van der Waals surface area contributed by atoms with E-state index >= 15 is 0 Å². The lowest BCUT2D eigenvalue weighted by Crippen LogP contribution is -2.07. The van der Waals surface area contributed by atoms with Crippen molar-refractivity contribution in [1.82, 2.24) is 0 Å². The maximum atomic E-state index is 12.4. The number of nitrogens with one attached hydrogen (secondary N) is 1. The van der Waals surface area contributed by atoms with Gasteiger partial charge in [-0.05, 0) is 36.4 Å². The summed E-state index contributed by atoms with van der Waals surface area (Å²) < 4.78 is 24.7. The van der Waals surface area contributed by atoms with Crippen LogP contribution in [0.25, 0.3) is 0 Å². The monoisotopic (exact) mass is 305 g/mol. The molecular formula is C15H15NO4S. The summed E-state index contributed by atoms with van der Waals surface area (Å²) in [6.45, 7) is 0.292. The van der Waals surface area contributed by atoms with Crippen LogP contribution in [0.15, 0.2) is 64.4 Å². The van der Waals surface area contributed by atoms with Gasteiger partial charge in [-0.15, -0.1) is 0 Å². The Bertz CT molecular complexity index is 709. The molecule has 0 saturated heterocycles. The normalized spacial score (nSPS) is 11.0. The lowest BCUT2D eigenvalue weighted by atomic mass is 10.3. The Balaban J connectivity index is 2.14. The molecule has 0 bridgehead atoms. The standard InChI is InChI=1S/C15H15NO4S/c17-15(18)10-11-16-12-6-8-14(9-7-12)21(19,20)13-4-2-1-3-5-13/h1-9,16H,10-11H2,(H,17,18). The van der Waals surface area contributed by atoms with Crippen molar-refractivity contribution in [2.45, 2.75) is 16.2 Å². The zero-order valence-corrected chi connectivity index (χ0v) is 12.0. The number of benzene rings is 2. The first-order valence-corrected chi connectivity index (χ1v) is 7.84. The van der Waals surface area contributed by atoms with Crippen LogP contribution in [-0.4, -0.2) is 26.0 Å². The molecule has 6 heteroatoms. The maximum Gasteiger partial charge on any atom is 0.305 e. The molecule has 2 aromatic carbocycles. The molecule has 0 fully saturated rings. The predicted molar refractivity (Wildman–Crippen MR) is 79.1 cm³/mol. The molecule has 5 nitrogen and oxygen atoms in total. The molecule has 0 amide bonds. The first kappa shape index (κ1) is 15.1. The molecule has 2 N–H and O–H groups in total. The summed E-state index contributed by atoms with van der Waals surface area (Å²) in [5, 5.41) is 11.5. The number of hydrogen-bond acceptors (Lipinski definition) is 4. The van der Waals surface area contributed by atoms with Crippen LogP contribution in [0.3, 0.4) is 0 Å². The molecule has 2 rings (SSSR count). The quantitative estimate of drug-likeness (QED) is 0.856. The number of carbonyl (C=O) groups is 1. The molecule has 0 heterocycles. The molecule has 0 aliphatic heterocycles. The van der Waals surface area contributed by atoms with Crippen LogP contribution in [-0.2, 0) is 14.6 Å². The summed E-state index contributed by atoms with van der Waals surface area (Å²) in [4.78, 5) is 10.9. The fraction of sp³-hybridized carbons (Fsp3) is 0.133. The smallest absolute Gasteiger partial charge is 0.305 e. The molecule has 0 aromatic heterocycles. The number of rotatable bonds is 6. The van der Waals surface area contributed by atoms with Gasteiger partial charge in [-0.2, -0.15) is 0 Å². The van der Waals surface area contributed by atoms with E-state index in [0.717, 1.165) is 0 Å². The number of aliphatic carboxylic acids is 1. The van der Waals surface area contributed by atoms with Gasteiger partial charge in [0.2, 0.25) is 9.84 Å². The zero-order valence-electron chi connectivity index (χ0n) is 11.2. The Hall–Kier alpha value is -2.34. The molecule has 0 unspecified atom stereocenters. The largest absolute Gasteiger partial charge is 0.481 e. The third kappa shape index (κ3) is 3.82. The average Bonchev–Trinajstić information content (AvgIpc) is 2.48. The van der Waals surface area contributed by atoms with Crippen LogP contribution in [0, 0.1) is 0 Å². The first-order valence-electron chi connectivity index (χ1n) is 6.36.